The average Bonchev–Trinajstić information content (AvgIpc) is 2.41. The highest BCUT2D eigenvalue weighted by molar-refractivity contribution is 5.76. The predicted octanol–water partition coefficient (Wildman–Crippen LogP) is 2.66. The van der Waals surface area contributed by atoms with Crippen LogP contribution < -0.4 is 5.73 Å². The topological polar surface area (TPSA) is 55.6 Å². The van der Waals surface area contributed by atoms with Gasteiger partial charge in [-0.2, -0.15) is 0 Å². The molecular formula is C16H34N2O2. The van der Waals surface area contributed by atoms with Gasteiger partial charge in [0.05, 0.1) is 6.61 Å². The minimum absolute atomic E-state index is 0.229. The number of ether oxygens (including phenoxy) is 1. The van der Waals surface area contributed by atoms with Crippen molar-refractivity contribution in [2.45, 2.75) is 59.4 Å². The summed E-state index contributed by atoms with van der Waals surface area (Å²) in [6, 6.07) is 0.315. The summed E-state index contributed by atoms with van der Waals surface area (Å²) < 4.78 is 5.14. The normalized spacial score (nSPS) is 13.0. The van der Waals surface area contributed by atoms with Gasteiger partial charge in [-0.3, -0.25) is 4.79 Å². The monoisotopic (exact) mass is 286 g/mol. The van der Waals surface area contributed by atoms with Crippen molar-refractivity contribution >= 4 is 5.91 Å². The molecule has 0 rings (SSSR count). The number of carbonyl (C=O) groups is 1. The predicted molar refractivity (Wildman–Crippen MR) is 84.6 cm³/mol. The number of nitrogens with two attached hydrogens (primary N) is 1. The first-order valence-corrected chi connectivity index (χ1v) is 7.98. The fourth-order valence-corrected chi connectivity index (χ4v) is 2.72. The number of amides is 1. The summed E-state index contributed by atoms with van der Waals surface area (Å²) in [5, 5.41) is 0. The van der Waals surface area contributed by atoms with Crippen molar-refractivity contribution < 1.29 is 9.53 Å². The van der Waals surface area contributed by atoms with Crippen LogP contribution in [0.15, 0.2) is 0 Å². The van der Waals surface area contributed by atoms with Gasteiger partial charge in [0.2, 0.25) is 5.91 Å². The van der Waals surface area contributed by atoms with E-state index < -0.39 is 0 Å². The lowest BCUT2D eigenvalue weighted by atomic mass is 9.93. The highest BCUT2D eigenvalue weighted by Gasteiger charge is 2.23. The maximum atomic E-state index is 12.6. The fourth-order valence-electron chi connectivity index (χ4n) is 2.72. The smallest absolute Gasteiger partial charge is 0.223 e. The van der Waals surface area contributed by atoms with E-state index in [1.807, 2.05) is 4.90 Å². The Morgan fingerprint density at radius 1 is 1.25 bits per heavy atom. The molecule has 0 aliphatic heterocycles. The van der Waals surface area contributed by atoms with E-state index >= 15 is 0 Å². The average molecular weight is 286 g/mol. The van der Waals surface area contributed by atoms with Crippen molar-refractivity contribution in [1.29, 1.82) is 0 Å². The maximum Gasteiger partial charge on any atom is 0.223 e. The Morgan fingerprint density at radius 3 is 2.25 bits per heavy atom. The molecular weight excluding hydrogens is 252 g/mol. The molecule has 0 heterocycles. The van der Waals surface area contributed by atoms with Gasteiger partial charge >= 0.3 is 0 Å². The second-order valence-electron chi connectivity index (χ2n) is 5.99. The van der Waals surface area contributed by atoms with Gasteiger partial charge in [0.1, 0.15) is 0 Å². The number of nitrogens with zero attached hydrogens (tertiary/aromatic N) is 1. The minimum atomic E-state index is 0.229. The van der Waals surface area contributed by atoms with Crippen LogP contribution in [0.25, 0.3) is 0 Å². The lowest BCUT2D eigenvalue weighted by molar-refractivity contribution is -0.135. The van der Waals surface area contributed by atoms with E-state index in [0.717, 1.165) is 19.3 Å². The van der Waals surface area contributed by atoms with Gasteiger partial charge in [0.25, 0.3) is 0 Å². The zero-order valence-corrected chi connectivity index (χ0v) is 14.0. The number of hydrogen-bond acceptors (Lipinski definition) is 3. The third kappa shape index (κ3) is 7.25. The summed E-state index contributed by atoms with van der Waals surface area (Å²) in [4.78, 5) is 14.6. The number of methoxy groups -OCH3 is 1. The van der Waals surface area contributed by atoms with Gasteiger partial charge in [-0.25, -0.2) is 0 Å². The molecule has 2 N–H and O–H groups in total. The molecule has 0 bridgehead atoms. The van der Waals surface area contributed by atoms with Gasteiger partial charge in [-0.15, -0.1) is 0 Å². The van der Waals surface area contributed by atoms with Crippen LogP contribution in [0.1, 0.15) is 53.4 Å². The quantitative estimate of drug-likeness (QED) is 0.635. The van der Waals surface area contributed by atoms with Gasteiger partial charge in [0.15, 0.2) is 0 Å². The fraction of sp³-hybridized carbons (Fsp3) is 0.938. The molecule has 0 aromatic heterocycles. The van der Waals surface area contributed by atoms with Crippen LogP contribution in [0.4, 0.5) is 0 Å². The summed E-state index contributed by atoms with van der Waals surface area (Å²) in [7, 11) is 1.68. The Kier molecular flexibility index (Phi) is 10.8. The molecule has 1 atom stereocenters. The summed E-state index contributed by atoms with van der Waals surface area (Å²) in [5.41, 5.74) is 5.82. The third-order valence-corrected chi connectivity index (χ3v) is 3.84. The Morgan fingerprint density at radius 2 is 1.85 bits per heavy atom. The molecule has 1 amide bonds. The summed E-state index contributed by atoms with van der Waals surface area (Å²) in [5.74, 6) is 1.10. The van der Waals surface area contributed by atoms with Crippen LogP contribution in [0.5, 0.6) is 0 Å². The molecule has 4 heteroatoms. The van der Waals surface area contributed by atoms with E-state index in [-0.39, 0.29) is 5.91 Å². The van der Waals surface area contributed by atoms with E-state index in [2.05, 4.69) is 27.7 Å². The van der Waals surface area contributed by atoms with Crippen LogP contribution in [-0.4, -0.2) is 43.7 Å². The Bertz CT molecular complexity index is 253. The van der Waals surface area contributed by atoms with Crippen molar-refractivity contribution in [2.24, 2.45) is 17.6 Å². The summed E-state index contributed by atoms with van der Waals surface area (Å²) >= 11 is 0. The maximum absolute atomic E-state index is 12.6. The van der Waals surface area contributed by atoms with Crippen LogP contribution in [0.2, 0.25) is 0 Å². The highest BCUT2D eigenvalue weighted by Crippen LogP contribution is 2.18. The molecule has 0 spiro atoms. The van der Waals surface area contributed by atoms with E-state index in [4.69, 9.17) is 10.5 Å². The molecule has 0 radical (unpaired) electrons. The molecule has 20 heavy (non-hydrogen) atoms. The zero-order chi connectivity index (χ0) is 15.5. The van der Waals surface area contributed by atoms with Gasteiger partial charge in [-0.1, -0.05) is 27.7 Å². The highest BCUT2D eigenvalue weighted by atomic mass is 16.5. The molecule has 0 aromatic carbocycles. The SMILES string of the molecule is CCC(CC)N(CCOC)C(=O)C[C@@H](CN)CC(C)C. The summed E-state index contributed by atoms with van der Waals surface area (Å²) in [6.07, 6.45) is 3.56. The van der Waals surface area contributed by atoms with Crippen molar-refractivity contribution in [3.05, 3.63) is 0 Å². The molecule has 0 saturated carbocycles. The first kappa shape index (κ1) is 19.4. The molecule has 4 nitrogen and oxygen atoms in total. The van der Waals surface area contributed by atoms with Crippen LogP contribution in [-0.2, 0) is 9.53 Å². The first-order chi connectivity index (χ1) is 9.49. The molecule has 0 aliphatic rings. The van der Waals surface area contributed by atoms with Gasteiger partial charge in [-0.05, 0) is 37.6 Å². The zero-order valence-electron chi connectivity index (χ0n) is 14.0. The largest absolute Gasteiger partial charge is 0.383 e. The van der Waals surface area contributed by atoms with Crippen LogP contribution in [0.3, 0.4) is 0 Å². The first-order valence-electron chi connectivity index (χ1n) is 7.98. The second-order valence-corrected chi connectivity index (χ2v) is 5.99. The van der Waals surface area contributed by atoms with Crippen molar-refractivity contribution in [3.8, 4) is 0 Å². The van der Waals surface area contributed by atoms with E-state index in [1.54, 1.807) is 7.11 Å². The third-order valence-electron chi connectivity index (χ3n) is 3.84. The van der Waals surface area contributed by atoms with Crippen molar-refractivity contribution in [3.63, 3.8) is 0 Å². The van der Waals surface area contributed by atoms with Gasteiger partial charge in [0, 0.05) is 26.1 Å². The van der Waals surface area contributed by atoms with E-state index in [9.17, 15) is 4.79 Å². The second kappa shape index (κ2) is 11.1. The van der Waals surface area contributed by atoms with Crippen molar-refractivity contribution in [1.82, 2.24) is 4.90 Å². The molecule has 0 unspecified atom stereocenters. The molecule has 0 fully saturated rings. The van der Waals surface area contributed by atoms with Crippen LogP contribution >= 0.6 is 0 Å². The Labute approximate surface area is 125 Å². The lowest BCUT2D eigenvalue weighted by Gasteiger charge is -2.32. The molecule has 0 aliphatic carbocycles. The molecule has 0 saturated heterocycles. The number of hydrogen-bond donors (Lipinski definition) is 1. The van der Waals surface area contributed by atoms with E-state index in [1.165, 1.54) is 0 Å². The standard InChI is InChI=1S/C16H34N2O2/c1-6-15(7-2)18(8-9-20-5)16(19)11-14(12-17)10-13(3)4/h13-15H,6-12,17H2,1-5H3/t14-/m0/s1. The van der Waals surface area contributed by atoms with Crippen LogP contribution in [0, 0.1) is 11.8 Å². The lowest BCUT2D eigenvalue weighted by Crippen LogP contribution is -2.43. The Hall–Kier alpha value is -0.610. The van der Waals surface area contributed by atoms with E-state index in [0.29, 0.717) is 44.0 Å². The molecule has 0 aromatic rings. The summed E-state index contributed by atoms with van der Waals surface area (Å²) in [6.45, 7) is 10.5. The Balaban J connectivity index is 4.66. The number of rotatable bonds is 11. The van der Waals surface area contributed by atoms with Gasteiger partial charge < -0.3 is 15.4 Å². The number of carbonyl (C=O) groups excluding carboxylic acids is 1. The van der Waals surface area contributed by atoms with Crippen molar-refractivity contribution in [2.75, 3.05) is 26.8 Å². The minimum Gasteiger partial charge on any atom is -0.383 e. The molecule has 120 valence electrons.